The summed E-state index contributed by atoms with van der Waals surface area (Å²) in [6.07, 6.45) is 2.85. The smallest absolute Gasteiger partial charge is 0.337 e. The van der Waals surface area contributed by atoms with E-state index in [0.29, 0.717) is 27.8 Å². The van der Waals surface area contributed by atoms with Crippen LogP contribution in [0.2, 0.25) is 5.02 Å². The first-order valence-electron chi connectivity index (χ1n) is 10.6. The van der Waals surface area contributed by atoms with Crippen LogP contribution < -0.4 is 16.0 Å². The predicted molar refractivity (Wildman–Crippen MR) is 130 cm³/mol. The third-order valence-electron chi connectivity index (χ3n) is 5.60. The lowest BCUT2D eigenvalue weighted by atomic mass is 10.1. The van der Waals surface area contributed by atoms with E-state index in [2.05, 4.69) is 4.98 Å². The summed E-state index contributed by atoms with van der Waals surface area (Å²) < 4.78 is 14.3. The minimum absolute atomic E-state index is 0.0776. The summed E-state index contributed by atoms with van der Waals surface area (Å²) in [5.41, 5.74) is 0.0204. The molecule has 0 saturated carbocycles. The number of ketones is 1. The highest BCUT2D eigenvalue weighted by Crippen LogP contribution is 2.18. The first kappa shape index (κ1) is 22.4. The first-order valence-corrected chi connectivity index (χ1v) is 11.0. The Morgan fingerprint density at radius 1 is 1.06 bits per heavy atom. The second-order valence-electron chi connectivity index (χ2n) is 7.76. The van der Waals surface area contributed by atoms with Crippen molar-refractivity contribution in [1.82, 2.24) is 18.7 Å². The molecule has 10 heteroatoms. The van der Waals surface area contributed by atoms with Gasteiger partial charge in [-0.2, -0.15) is 0 Å². The number of methoxy groups -OCH3 is 1. The van der Waals surface area contributed by atoms with Gasteiger partial charge in [-0.15, -0.1) is 0 Å². The summed E-state index contributed by atoms with van der Waals surface area (Å²) in [7, 11) is 1.54. The minimum Gasteiger partial charge on any atom is -0.497 e. The normalized spacial score (nSPS) is 11.1. The molecule has 3 heterocycles. The molecule has 3 aromatic heterocycles. The van der Waals surface area contributed by atoms with E-state index in [9.17, 15) is 14.4 Å². The number of fused-ring (bicyclic) bond motifs is 1. The molecule has 0 N–H and O–H groups in total. The fraction of sp³-hybridized carbons (Fsp3) is 0.120. The zero-order chi connectivity index (χ0) is 24.5. The van der Waals surface area contributed by atoms with Gasteiger partial charge in [-0.3, -0.25) is 14.2 Å². The van der Waals surface area contributed by atoms with Crippen molar-refractivity contribution in [3.63, 3.8) is 0 Å². The molecule has 0 aliphatic heterocycles. The molecule has 35 heavy (non-hydrogen) atoms. The molecule has 9 nitrogen and oxygen atoms in total. The topological polar surface area (TPSA) is 101 Å². The number of rotatable bonds is 7. The summed E-state index contributed by atoms with van der Waals surface area (Å²) in [5, 5.41) is 0.498. The van der Waals surface area contributed by atoms with Crippen molar-refractivity contribution in [2.45, 2.75) is 13.1 Å². The van der Waals surface area contributed by atoms with Crippen molar-refractivity contribution >= 4 is 28.5 Å². The summed E-state index contributed by atoms with van der Waals surface area (Å²) >= 11 is 6.03. The zero-order valence-electron chi connectivity index (χ0n) is 18.6. The molecule has 0 atom stereocenters. The van der Waals surface area contributed by atoms with E-state index in [1.54, 1.807) is 67.8 Å². The van der Waals surface area contributed by atoms with Gasteiger partial charge in [0.05, 0.1) is 38.5 Å². The van der Waals surface area contributed by atoms with Crippen LogP contribution in [0.15, 0.2) is 87.3 Å². The highest BCUT2D eigenvalue weighted by Gasteiger charge is 2.21. The van der Waals surface area contributed by atoms with Gasteiger partial charge in [0.1, 0.15) is 11.5 Å². The molecule has 2 aromatic carbocycles. The van der Waals surface area contributed by atoms with Crippen molar-refractivity contribution in [3.8, 4) is 11.4 Å². The maximum Gasteiger partial charge on any atom is 0.337 e. The molecule has 0 aliphatic carbocycles. The number of Topliss-reactive ketones (excluding diaryl/α,β-unsaturated/α-hetero) is 1. The standard InChI is InChI=1S/C25H19ClN4O5/c1-34-19-10-4-16(5-11-19)21(31)14-28-15-27-23-22(28)24(32)29(13-20-3-2-12-35-20)25(33)30(23)18-8-6-17(26)7-9-18/h2-12,15H,13-14H2,1H3. The van der Waals surface area contributed by atoms with Crippen LogP contribution in [0.4, 0.5) is 0 Å². The Hall–Kier alpha value is -4.37. The first-order chi connectivity index (χ1) is 17.0. The Labute approximate surface area is 203 Å². The number of hydrogen-bond donors (Lipinski definition) is 0. The SMILES string of the molecule is COc1ccc(C(=O)Cn2cnc3c2c(=O)n(Cc2ccco2)c(=O)n3-c2ccc(Cl)cc2)cc1. The average Bonchev–Trinajstić information content (AvgIpc) is 3.53. The maximum absolute atomic E-state index is 13.5. The highest BCUT2D eigenvalue weighted by molar-refractivity contribution is 6.30. The molecule has 0 unspecified atom stereocenters. The van der Waals surface area contributed by atoms with Crippen LogP contribution in [0, 0.1) is 0 Å². The van der Waals surface area contributed by atoms with Crippen LogP contribution in [0.25, 0.3) is 16.9 Å². The Kier molecular flexibility index (Phi) is 5.84. The van der Waals surface area contributed by atoms with Crippen molar-refractivity contribution in [3.05, 3.63) is 110 Å². The number of nitrogens with zero attached hydrogens (tertiary/aromatic N) is 4. The second-order valence-corrected chi connectivity index (χ2v) is 8.20. The molecule has 176 valence electrons. The number of hydrogen-bond acceptors (Lipinski definition) is 6. The van der Waals surface area contributed by atoms with Gasteiger partial charge in [0.15, 0.2) is 16.9 Å². The fourth-order valence-electron chi connectivity index (χ4n) is 3.84. The Morgan fingerprint density at radius 3 is 2.46 bits per heavy atom. The number of imidazole rings is 1. The van der Waals surface area contributed by atoms with Gasteiger partial charge in [-0.05, 0) is 60.7 Å². The van der Waals surface area contributed by atoms with Gasteiger partial charge >= 0.3 is 5.69 Å². The average molecular weight is 491 g/mol. The molecule has 0 bridgehead atoms. The summed E-state index contributed by atoms with van der Waals surface area (Å²) in [5.74, 6) is 0.835. The van der Waals surface area contributed by atoms with E-state index in [4.69, 9.17) is 20.8 Å². The van der Waals surface area contributed by atoms with Crippen LogP contribution in [0.1, 0.15) is 16.1 Å². The largest absolute Gasteiger partial charge is 0.497 e. The summed E-state index contributed by atoms with van der Waals surface area (Å²) in [4.78, 5) is 44.3. The number of carbonyl (C=O) groups is 1. The van der Waals surface area contributed by atoms with Crippen LogP contribution in [0.5, 0.6) is 5.75 Å². The number of carbonyl (C=O) groups excluding carboxylic acids is 1. The number of aromatic nitrogens is 4. The Morgan fingerprint density at radius 2 is 1.80 bits per heavy atom. The van der Waals surface area contributed by atoms with E-state index in [1.807, 2.05) is 0 Å². The van der Waals surface area contributed by atoms with Crippen LogP contribution >= 0.6 is 11.6 Å². The van der Waals surface area contributed by atoms with Crippen molar-refractivity contribution in [2.24, 2.45) is 0 Å². The van der Waals surface area contributed by atoms with E-state index in [-0.39, 0.29) is 30.0 Å². The lowest BCUT2D eigenvalue weighted by Crippen LogP contribution is -2.40. The molecular formula is C25H19ClN4O5. The maximum atomic E-state index is 13.5. The molecule has 0 aliphatic rings. The van der Waals surface area contributed by atoms with Gasteiger partial charge in [0.2, 0.25) is 0 Å². The minimum atomic E-state index is -0.590. The molecule has 0 saturated heterocycles. The van der Waals surface area contributed by atoms with Crippen LogP contribution in [-0.4, -0.2) is 31.6 Å². The fourth-order valence-corrected chi connectivity index (χ4v) is 3.97. The van der Waals surface area contributed by atoms with Crippen molar-refractivity contribution in [2.75, 3.05) is 7.11 Å². The Balaban J connectivity index is 1.66. The number of halogens is 1. The van der Waals surface area contributed by atoms with Crippen LogP contribution in [0.3, 0.4) is 0 Å². The zero-order valence-corrected chi connectivity index (χ0v) is 19.3. The third-order valence-corrected chi connectivity index (χ3v) is 5.86. The van der Waals surface area contributed by atoms with Gasteiger partial charge in [-0.1, -0.05) is 11.6 Å². The van der Waals surface area contributed by atoms with Crippen molar-refractivity contribution < 1.29 is 13.9 Å². The molecular weight excluding hydrogens is 472 g/mol. The predicted octanol–water partition coefficient (Wildman–Crippen LogP) is 3.54. The van der Waals surface area contributed by atoms with E-state index < -0.39 is 11.2 Å². The van der Waals surface area contributed by atoms with Crippen molar-refractivity contribution in [1.29, 1.82) is 0 Å². The lowest BCUT2D eigenvalue weighted by molar-refractivity contribution is 0.0973. The molecule has 0 radical (unpaired) electrons. The third kappa shape index (κ3) is 4.17. The van der Waals surface area contributed by atoms with E-state index in [1.165, 1.54) is 21.7 Å². The second kappa shape index (κ2) is 9.11. The molecule has 5 rings (SSSR count). The van der Waals surface area contributed by atoms with Gasteiger partial charge in [0.25, 0.3) is 5.56 Å². The number of ether oxygens (including phenoxy) is 1. The number of furan rings is 1. The monoisotopic (exact) mass is 490 g/mol. The quantitative estimate of drug-likeness (QED) is 0.323. The van der Waals surface area contributed by atoms with E-state index in [0.717, 1.165) is 4.57 Å². The summed E-state index contributed by atoms with van der Waals surface area (Å²) in [6, 6.07) is 16.6. The molecule has 0 fully saturated rings. The van der Waals surface area contributed by atoms with E-state index >= 15 is 0 Å². The number of benzene rings is 2. The van der Waals surface area contributed by atoms with Crippen LogP contribution in [-0.2, 0) is 13.1 Å². The van der Waals surface area contributed by atoms with Gasteiger partial charge in [0, 0.05) is 10.6 Å². The highest BCUT2D eigenvalue weighted by atomic mass is 35.5. The van der Waals surface area contributed by atoms with Gasteiger partial charge < -0.3 is 13.7 Å². The molecule has 0 spiro atoms. The summed E-state index contributed by atoms with van der Waals surface area (Å²) in [6.45, 7) is -0.219. The Bertz CT molecular complexity index is 1630. The molecule has 5 aromatic rings. The molecule has 0 amide bonds. The van der Waals surface area contributed by atoms with Gasteiger partial charge in [-0.25, -0.2) is 14.3 Å². The lowest BCUT2D eigenvalue weighted by Gasteiger charge is -2.12.